The summed E-state index contributed by atoms with van der Waals surface area (Å²) in [5.41, 5.74) is 0.583. The number of piperidine rings is 1. The van der Waals surface area contributed by atoms with Gasteiger partial charge in [-0.15, -0.1) is 0 Å². The lowest BCUT2D eigenvalue weighted by molar-refractivity contribution is -0.120. The second-order valence-electron chi connectivity index (χ2n) is 3.89. The number of carbonyl (C=O) groups excluding carboxylic acids is 1. The number of halogens is 1. The first-order valence-corrected chi connectivity index (χ1v) is 5.76. The molecule has 1 aromatic heterocycles. The van der Waals surface area contributed by atoms with E-state index in [1.807, 2.05) is 0 Å². The Hall–Kier alpha value is -1.13. The highest BCUT2D eigenvalue weighted by atomic mass is 35.5. The van der Waals surface area contributed by atoms with Gasteiger partial charge < -0.3 is 10.6 Å². The molecule has 1 aromatic rings. The average Bonchev–Trinajstić information content (AvgIpc) is 2.33. The highest BCUT2D eigenvalue weighted by Crippen LogP contribution is 2.21. The summed E-state index contributed by atoms with van der Waals surface area (Å²) in [6, 6.07) is 1.66. The predicted octanol–water partition coefficient (Wildman–Crippen LogP) is 1.67. The first kappa shape index (κ1) is 11.4. The molecule has 0 aliphatic carbocycles. The Morgan fingerprint density at radius 3 is 3.19 bits per heavy atom. The Balaban J connectivity index is 1.99. The average molecular weight is 240 g/mol. The standard InChI is InChI=1S/C11H14ClN3O/c12-9-3-5-14-7-10(9)15-11(16)8-2-1-4-13-6-8/h3,5,7-8,13H,1-2,4,6H2,(H,15,16). The molecule has 2 rings (SSSR count). The molecule has 1 unspecified atom stereocenters. The van der Waals surface area contributed by atoms with Crippen LogP contribution >= 0.6 is 11.6 Å². The van der Waals surface area contributed by atoms with Gasteiger partial charge in [0, 0.05) is 12.7 Å². The van der Waals surface area contributed by atoms with Crippen molar-refractivity contribution < 1.29 is 4.79 Å². The number of pyridine rings is 1. The quantitative estimate of drug-likeness (QED) is 0.826. The Bertz CT molecular complexity index is 377. The molecule has 1 saturated heterocycles. The van der Waals surface area contributed by atoms with Crippen LogP contribution in [0.4, 0.5) is 5.69 Å². The first-order valence-electron chi connectivity index (χ1n) is 5.38. The molecular formula is C11H14ClN3O. The molecule has 2 N–H and O–H groups in total. The fraction of sp³-hybridized carbons (Fsp3) is 0.455. The summed E-state index contributed by atoms with van der Waals surface area (Å²) in [5.74, 6) is 0.0483. The lowest BCUT2D eigenvalue weighted by atomic mass is 9.99. The van der Waals surface area contributed by atoms with Crippen LogP contribution in [0.2, 0.25) is 5.02 Å². The van der Waals surface area contributed by atoms with Crippen molar-refractivity contribution >= 4 is 23.2 Å². The third-order valence-electron chi connectivity index (χ3n) is 2.69. The van der Waals surface area contributed by atoms with Gasteiger partial charge in [0.25, 0.3) is 0 Å². The summed E-state index contributed by atoms with van der Waals surface area (Å²) in [5, 5.41) is 6.53. The van der Waals surface area contributed by atoms with Crippen molar-refractivity contribution in [2.45, 2.75) is 12.8 Å². The van der Waals surface area contributed by atoms with Gasteiger partial charge in [0.05, 0.1) is 22.8 Å². The zero-order chi connectivity index (χ0) is 11.4. The summed E-state index contributed by atoms with van der Waals surface area (Å²) < 4.78 is 0. The van der Waals surface area contributed by atoms with E-state index >= 15 is 0 Å². The third-order valence-corrected chi connectivity index (χ3v) is 3.02. The van der Waals surface area contributed by atoms with E-state index in [-0.39, 0.29) is 11.8 Å². The Morgan fingerprint density at radius 2 is 2.50 bits per heavy atom. The summed E-state index contributed by atoms with van der Waals surface area (Å²) in [4.78, 5) is 15.8. The van der Waals surface area contributed by atoms with Crippen LogP contribution in [0.3, 0.4) is 0 Å². The van der Waals surface area contributed by atoms with Gasteiger partial charge in [-0.2, -0.15) is 0 Å². The number of hydrogen-bond acceptors (Lipinski definition) is 3. The molecule has 86 valence electrons. The number of nitrogens with zero attached hydrogens (tertiary/aromatic N) is 1. The van der Waals surface area contributed by atoms with Gasteiger partial charge in [-0.1, -0.05) is 11.6 Å². The molecule has 0 saturated carbocycles. The number of hydrogen-bond donors (Lipinski definition) is 2. The summed E-state index contributed by atoms with van der Waals surface area (Å²) in [7, 11) is 0. The minimum absolute atomic E-state index is 0.0158. The number of anilines is 1. The zero-order valence-corrected chi connectivity index (χ0v) is 9.63. The van der Waals surface area contributed by atoms with Crippen molar-refractivity contribution in [2.24, 2.45) is 5.92 Å². The Kier molecular flexibility index (Phi) is 3.74. The predicted molar refractivity (Wildman–Crippen MR) is 63.5 cm³/mol. The molecule has 1 atom stereocenters. The van der Waals surface area contributed by atoms with Crippen molar-refractivity contribution in [3.8, 4) is 0 Å². The highest BCUT2D eigenvalue weighted by Gasteiger charge is 2.21. The SMILES string of the molecule is O=C(Nc1cnccc1Cl)C1CCCNC1. The van der Waals surface area contributed by atoms with Gasteiger partial charge in [0.1, 0.15) is 0 Å². The second kappa shape index (κ2) is 5.27. The van der Waals surface area contributed by atoms with E-state index < -0.39 is 0 Å². The smallest absolute Gasteiger partial charge is 0.228 e. The molecule has 0 aromatic carbocycles. The molecule has 0 radical (unpaired) electrons. The molecule has 0 bridgehead atoms. The number of carbonyl (C=O) groups is 1. The number of rotatable bonds is 2. The summed E-state index contributed by atoms with van der Waals surface area (Å²) in [6.45, 7) is 1.74. The number of amides is 1. The molecule has 1 amide bonds. The first-order chi connectivity index (χ1) is 7.77. The van der Waals surface area contributed by atoms with Gasteiger partial charge in [0.15, 0.2) is 0 Å². The van der Waals surface area contributed by atoms with Crippen molar-refractivity contribution in [1.29, 1.82) is 0 Å². The van der Waals surface area contributed by atoms with Crippen molar-refractivity contribution in [3.63, 3.8) is 0 Å². The van der Waals surface area contributed by atoms with Crippen LogP contribution in [0.25, 0.3) is 0 Å². The second-order valence-corrected chi connectivity index (χ2v) is 4.30. The van der Waals surface area contributed by atoms with E-state index in [4.69, 9.17) is 11.6 Å². The number of aromatic nitrogens is 1. The van der Waals surface area contributed by atoms with Crippen LogP contribution in [-0.4, -0.2) is 24.0 Å². The molecule has 1 fully saturated rings. The third kappa shape index (κ3) is 2.71. The Labute approximate surface area is 99.4 Å². The molecule has 4 nitrogen and oxygen atoms in total. The largest absolute Gasteiger partial charge is 0.323 e. The Morgan fingerprint density at radius 1 is 1.62 bits per heavy atom. The lowest BCUT2D eigenvalue weighted by Crippen LogP contribution is -2.37. The fourth-order valence-corrected chi connectivity index (χ4v) is 1.93. The normalized spacial score (nSPS) is 20.4. The van der Waals surface area contributed by atoms with Crippen LogP contribution in [0.5, 0.6) is 0 Å². The van der Waals surface area contributed by atoms with Crippen LogP contribution in [0.1, 0.15) is 12.8 Å². The van der Waals surface area contributed by atoms with Crippen molar-refractivity contribution in [1.82, 2.24) is 10.3 Å². The molecule has 5 heteroatoms. The lowest BCUT2D eigenvalue weighted by Gasteiger charge is -2.21. The van der Waals surface area contributed by atoms with Crippen LogP contribution in [0.15, 0.2) is 18.5 Å². The van der Waals surface area contributed by atoms with Gasteiger partial charge in [-0.25, -0.2) is 0 Å². The maximum absolute atomic E-state index is 11.9. The van der Waals surface area contributed by atoms with E-state index in [1.165, 1.54) is 0 Å². The monoisotopic (exact) mass is 239 g/mol. The topological polar surface area (TPSA) is 54.0 Å². The minimum Gasteiger partial charge on any atom is -0.323 e. The van der Waals surface area contributed by atoms with Crippen molar-refractivity contribution in [3.05, 3.63) is 23.5 Å². The summed E-state index contributed by atoms with van der Waals surface area (Å²) >= 11 is 5.94. The van der Waals surface area contributed by atoms with E-state index in [1.54, 1.807) is 18.5 Å². The molecule has 16 heavy (non-hydrogen) atoms. The zero-order valence-electron chi connectivity index (χ0n) is 8.87. The highest BCUT2D eigenvalue weighted by molar-refractivity contribution is 6.33. The van der Waals surface area contributed by atoms with Crippen LogP contribution < -0.4 is 10.6 Å². The minimum atomic E-state index is 0.0158. The van der Waals surface area contributed by atoms with E-state index in [0.717, 1.165) is 25.9 Å². The van der Waals surface area contributed by atoms with E-state index in [0.29, 0.717) is 10.7 Å². The van der Waals surface area contributed by atoms with Crippen LogP contribution in [0, 0.1) is 5.92 Å². The van der Waals surface area contributed by atoms with E-state index in [2.05, 4.69) is 15.6 Å². The molecular weight excluding hydrogens is 226 g/mol. The van der Waals surface area contributed by atoms with E-state index in [9.17, 15) is 4.79 Å². The maximum atomic E-state index is 11.9. The van der Waals surface area contributed by atoms with Crippen LogP contribution in [-0.2, 0) is 4.79 Å². The van der Waals surface area contributed by atoms with Gasteiger partial charge in [-0.05, 0) is 25.5 Å². The fourth-order valence-electron chi connectivity index (χ4n) is 1.78. The van der Waals surface area contributed by atoms with Gasteiger partial charge in [0.2, 0.25) is 5.91 Å². The number of nitrogens with one attached hydrogen (secondary N) is 2. The van der Waals surface area contributed by atoms with Gasteiger partial charge in [-0.3, -0.25) is 9.78 Å². The summed E-state index contributed by atoms with van der Waals surface area (Å²) in [6.07, 6.45) is 5.13. The molecule has 0 spiro atoms. The molecule has 2 heterocycles. The van der Waals surface area contributed by atoms with Crippen molar-refractivity contribution in [2.75, 3.05) is 18.4 Å². The molecule has 1 aliphatic rings. The molecule has 1 aliphatic heterocycles. The maximum Gasteiger partial charge on any atom is 0.228 e. The van der Waals surface area contributed by atoms with Gasteiger partial charge >= 0.3 is 0 Å².